The minimum Gasteiger partial charge on any atom is -0.497 e. The van der Waals surface area contributed by atoms with Crippen molar-refractivity contribution >= 4 is 39.6 Å². The molecule has 2 N–H and O–H groups in total. The lowest BCUT2D eigenvalue weighted by molar-refractivity contribution is -0.112. The summed E-state index contributed by atoms with van der Waals surface area (Å²) in [5.41, 5.74) is 2.16. The van der Waals surface area contributed by atoms with Gasteiger partial charge in [0.1, 0.15) is 29.7 Å². The molecular weight excluding hydrogens is 488 g/mol. The normalized spacial score (nSPS) is 10.8. The lowest BCUT2D eigenvalue weighted by Crippen LogP contribution is -2.13. The molecule has 7 nitrogen and oxygen atoms in total. The Morgan fingerprint density at radius 1 is 1.09 bits per heavy atom. The Morgan fingerprint density at radius 2 is 1.79 bits per heavy atom. The molecule has 0 aliphatic carbocycles. The number of anilines is 1. The largest absolute Gasteiger partial charge is 0.497 e. The molecule has 166 valence electrons. The van der Waals surface area contributed by atoms with Gasteiger partial charge in [0.15, 0.2) is 0 Å². The Bertz CT molecular complexity index is 1230. The van der Waals surface area contributed by atoms with Crippen LogP contribution in [-0.2, 0) is 11.4 Å². The maximum atomic E-state index is 12.5. The van der Waals surface area contributed by atoms with Crippen LogP contribution in [-0.4, -0.2) is 24.1 Å². The number of amides is 1. The average molecular weight is 507 g/mol. The number of carboxylic acids is 1. The second kappa shape index (κ2) is 11.0. The van der Waals surface area contributed by atoms with E-state index >= 15 is 0 Å². The molecule has 33 heavy (non-hydrogen) atoms. The molecule has 3 rings (SSSR count). The molecule has 0 spiro atoms. The first-order valence-electron chi connectivity index (χ1n) is 9.71. The SMILES string of the molecule is COc1ccc(NC(=O)/C(C#N)=C\c2ccc(OCc3ccc(C(=O)O)cc3)c(Br)c2)cc1. The van der Waals surface area contributed by atoms with Gasteiger partial charge in [0.05, 0.1) is 17.1 Å². The van der Waals surface area contributed by atoms with Crippen LogP contribution in [0.2, 0.25) is 0 Å². The van der Waals surface area contributed by atoms with Crippen LogP contribution in [0.3, 0.4) is 0 Å². The van der Waals surface area contributed by atoms with Gasteiger partial charge in [-0.25, -0.2) is 4.79 Å². The zero-order chi connectivity index (χ0) is 23.8. The molecule has 0 radical (unpaired) electrons. The molecular formula is C25H19BrN2O5. The third kappa shape index (κ3) is 6.45. The van der Waals surface area contributed by atoms with Gasteiger partial charge in [-0.1, -0.05) is 18.2 Å². The molecule has 0 fully saturated rings. The zero-order valence-corrected chi connectivity index (χ0v) is 19.1. The van der Waals surface area contributed by atoms with Gasteiger partial charge >= 0.3 is 5.97 Å². The summed E-state index contributed by atoms with van der Waals surface area (Å²) >= 11 is 3.44. The average Bonchev–Trinajstić information content (AvgIpc) is 2.82. The summed E-state index contributed by atoms with van der Waals surface area (Å²) in [5.74, 6) is -0.281. The lowest BCUT2D eigenvalue weighted by Gasteiger charge is -2.10. The molecule has 0 atom stereocenters. The fourth-order valence-corrected chi connectivity index (χ4v) is 3.33. The van der Waals surface area contributed by atoms with E-state index in [1.807, 2.05) is 6.07 Å². The number of benzene rings is 3. The van der Waals surface area contributed by atoms with Gasteiger partial charge < -0.3 is 19.9 Å². The number of ether oxygens (including phenoxy) is 2. The first-order valence-corrected chi connectivity index (χ1v) is 10.5. The highest BCUT2D eigenvalue weighted by Gasteiger charge is 2.11. The van der Waals surface area contributed by atoms with Crippen LogP contribution in [0, 0.1) is 11.3 Å². The van der Waals surface area contributed by atoms with Crippen LogP contribution in [0.25, 0.3) is 6.08 Å². The van der Waals surface area contributed by atoms with E-state index in [-0.39, 0.29) is 17.7 Å². The number of carboxylic acid groups (broad SMARTS) is 1. The third-order valence-corrected chi connectivity index (χ3v) is 5.19. The minimum absolute atomic E-state index is 0.0510. The van der Waals surface area contributed by atoms with Gasteiger partial charge in [-0.2, -0.15) is 5.26 Å². The zero-order valence-electron chi connectivity index (χ0n) is 17.5. The van der Waals surface area contributed by atoms with Crippen LogP contribution in [0.4, 0.5) is 5.69 Å². The maximum absolute atomic E-state index is 12.5. The summed E-state index contributed by atoms with van der Waals surface area (Å²) < 4.78 is 11.5. The number of hydrogen-bond acceptors (Lipinski definition) is 5. The van der Waals surface area contributed by atoms with Crippen molar-refractivity contribution < 1.29 is 24.2 Å². The van der Waals surface area contributed by atoms with E-state index in [0.29, 0.717) is 27.2 Å². The van der Waals surface area contributed by atoms with Crippen molar-refractivity contribution in [2.75, 3.05) is 12.4 Å². The number of nitrogens with one attached hydrogen (secondary N) is 1. The minimum atomic E-state index is -0.983. The molecule has 0 aromatic heterocycles. The number of carbonyl (C=O) groups excluding carboxylic acids is 1. The Hall–Kier alpha value is -4.09. The number of halogens is 1. The third-order valence-electron chi connectivity index (χ3n) is 4.58. The van der Waals surface area contributed by atoms with E-state index in [0.717, 1.165) is 5.56 Å². The molecule has 0 saturated heterocycles. The van der Waals surface area contributed by atoms with Crippen molar-refractivity contribution in [3.05, 3.63) is 93.5 Å². The molecule has 3 aromatic rings. The van der Waals surface area contributed by atoms with Crippen LogP contribution in [0.1, 0.15) is 21.5 Å². The lowest BCUT2D eigenvalue weighted by atomic mass is 10.1. The summed E-state index contributed by atoms with van der Waals surface area (Å²) in [4.78, 5) is 23.4. The van der Waals surface area contributed by atoms with Gasteiger partial charge in [-0.15, -0.1) is 0 Å². The number of nitrogens with zero attached hydrogens (tertiary/aromatic N) is 1. The van der Waals surface area contributed by atoms with Gasteiger partial charge in [0.25, 0.3) is 5.91 Å². The van der Waals surface area contributed by atoms with Gasteiger partial charge in [0.2, 0.25) is 0 Å². The van der Waals surface area contributed by atoms with Gasteiger partial charge in [-0.3, -0.25) is 4.79 Å². The second-order valence-electron chi connectivity index (χ2n) is 6.83. The summed E-state index contributed by atoms with van der Waals surface area (Å²) in [5, 5.41) is 21.1. The van der Waals surface area contributed by atoms with Crippen LogP contribution in [0.5, 0.6) is 11.5 Å². The molecule has 0 aliphatic heterocycles. The van der Waals surface area contributed by atoms with Crippen molar-refractivity contribution in [2.45, 2.75) is 6.61 Å². The topological polar surface area (TPSA) is 109 Å². The van der Waals surface area contributed by atoms with E-state index in [1.165, 1.54) is 18.2 Å². The fraction of sp³-hybridized carbons (Fsp3) is 0.0800. The highest BCUT2D eigenvalue weighted by molar-refractivity contribution is 9.10. The van der Waals surface area contributed by atoms with Crippen LogP contribution >= 0.6 is 15.9 Å². The predicted octanol–water partition coefficient (Wildman–Crippen LogP) is 5.28. The Kier molecular flexibility index (Phi) is 7.84. The van der Waals surface area contributed by atoms with Gasteiger partial charge in [0, 0.05) is 5.69 Å². The predicted molar refractivity (Wildman–Crippen MR) is 127 cm³/mol. The second-order valence-corrected chi connectivity index (χ2v) is 7.69. The molecule has 1 amide bonds. The maximum Gasteiger partial charge on any atom is 0.335 e. The van der Waals surface area contributed by atoms with Crippen molar-refractivity contribution in [2.24, 2.45) is 0 Å². The quantitative estimate of drug-likeness (QED) is 0.317. The van der Waals surface area contributed by atoms with E-state index in [4.69, 9.17) is 14.6 Å². The van der Waals surface area contributed by atoms with Crippen molar-refractivity contribution in [3.63, 3.8) is 0 Å². The highest BCUT2D eigenvalue weighted by Crippen LogP contribution is 2.28. The number of carbonyl (C=O) groups is 2. The van der Waals surface area contributed by atoms with Crippen LogP contribution < -0.4 is 14.8 Å². The molecule has 0 aliphatic rings. The summed E-state index contributed by atoms with van der Waals surface area (Å²) in [6.45, 7) is 0.251. The van der Waals surface area contributed by atoms with E-state index in [1.54, 1.807) is 61.7 Å². The van der Waals surface area contributed by atoms with Crippen molar-refractivity contribution in [1.82, 2.24) is 0 Å². The molecule has 0 heterocycles. The molecule has 0 saturated carbocycles. The Balaban J connectivity index is 1.67. The molecule has 3 aromatic carbocycles. The first-order chi connectivity index (χ1) is 15.9. The van der Waals surface area contributed by atoms with E-state index in [2.05, 4.69) is 21.2 Å². The molecule has 0 unspecified atom stereocenters. The number of methoxy groups -OCH3 is 1. The van der Waals surface area contributed by atoms with Crippen LogP contribution in [0.15, 0.2) is 76.8 Å². The highest BCUT2D eigenvalue weighted by atomic mass is 79.9. The standard InChI is InChI=1S/C25H19BrN2O5/c1-32-21-9-7-20(8-10-21)28-24(29)19(14-27)12-17-4-11-23(22(26)13-17)33-15-16-2-5-18(6-3-16)25(30)31/h2-13H,15H2,1H3,(H,28,29)(H,30,31)/b19-12-. The van der Waals surface area contributed by atoms with Crippen molar-refractivity contribution in [1.29, 1.82) is 5.26 Å². The van der Waals surface area contributed by atoms with Crippen molar-refractivity contribution in [3.8, 4) is 17.6 Å². The number of aromatic carboxylic acids is 1. The summed E-state index contributed by atoms with van der Waals surface area (Å²) in [6, 6.07) is 20.3. The summed E-state index contributed by atoms with van der Waals surface area (Å²) in [6.07, 6.45) is 1.48. The fourth-order valence-electron chi connectivity index (χ4n) is 2.82. The smallest absolute Gasteiger partial charge is 0.335 e. The number of nitriles is 1. The Morgan fingerprint density at radius 3 is 2.36 bits per heavy atom. The van der Waals surface area contributed by atoms with E-state index < -0.39 is 11.9 Å². The monoisotopic (exact) mass is 506 g/mol. The number of rotatable bonds is 8. The van der Waals surface area contributed by atoms with E-state index in [9.17, 15) is 14.9 Å². The molecule has 8 heteroatoms. The van der Waals surface area contributed by atoms with Gasteiger partial charge in [-0.05, 0) is 81.7 Å². The number of hydrogen-bond donors (Lipinski definition) is 2. The summed E-state index contributed by atoms with van der Waals surface area (Å²) in [7, 11) is 1.55. The first kappa shape index (κ1) is 23.6. The Labute approximate surface area is 199 Å². The molecule has 0 bridgehead atoms.